The topological polar surface area (TPSA) is 49.6 Å². The number of rotatable bonds is 4. The van der Waals surface area contributed by atoms with Crippen LogP contribution in [-0.4, -0.2) is 15.6 Å². The van der Waals surface area contributed by atoms with Gasteiger partial charge in [0.25, 0.3) is 6.43 Å². The van der Waals surface area contributed by atoms with Crippen LogP contribution in [0.4, 0.5) is 13.2 Å². The first-order valence-electron chi connectivity index (χ1n) is 5.22. The van der Waals surface area contributed by atoms with Crippen molar-refractivity contribution in [1.29, 1.82) is 5.26 Å². The minimum atomic E-state index is -2.74. The summed E-state index contributed by atoms with van der Waals surface area (Å²) in [7, 11) is 0. The predicted molar refractivity (Wildman–Crippen MR) is 53.0 cm³/mol. The zero-order chi connectivity index (χ0) is 12.5. The molecular formula is C11H10F3N3. The van der Waals surface area contributed by atoms with Gasteiger partial charge in [0.1, 0.15) is 5.67 Å². The molecule has 0 aliphatic heterocycles. The zero-order valence-corrected chi connectivity index (χ0v) is 8.91. The number of aromatic nitrogens is 2. The Bertz CT molecular complexity index is 434. The van der Waals surface area contributed by atoms with Gasteiger partial charge in [-0.1, -0.05) is 0 Å². The molecule has 17 heavy (non-hydrogen) atoms. The van der Waals surface area contributed by atoms with Gasteiger partial charge in [0.15, 0.2) is 5.82 Å². The lowest BCUT2D eigenvalue weighted by Gasteiger charge is -2.11. The second kappa shape index (κ2) is 4.32. The lowest BCUT2D eigenvalue weighted by molar-refractivity contribution is 0.140. The second-order valence-electron chi connectivity index (χ2n) is 4.21. The fourth-order valence-corrected chi connectivity index (χ4v) is 1.58. The molecule has 3 nitrogen and oxygen atoms in total. The van der Waals surface area contributed by atoms with Crippen LogP contribution in [0.15, 0.2) is 12.4 Å². The smallest absolute Gasteiger partial charge is 0.244 e. The first-order chi connectivity index (χ1) is 8.04. The Morgan fingerprint density at radius 2 is 1.94 bits per heavy atom. The highest BCUT2D eigenvalue weighted by molar-refractivity contribution is 5.21. The molecule has 1 aliphatic rings. The van der Waals surface area contributed by atoms with E-state index < -0.39 is 23.8 Å². The molecule has 1 fully saturated rings. The van der Waals surface area contributed by atoms with Crippen molar-refractivity contribution in [3.05, 3.63) is 23.8 Å². The van der Waals surface area contributed by atoms with E-state index in [0.29, 0.717) is 18.4 Å². The van der Waals surface area contributed by atoms with Gasteiger partial charge in [0.2, 0.25) is 0 Å². The van der Waals surface area contributed by atoms with E-state index in [-0.39, 0.29) is 6.42 Å². The summed E-state index contributed by atoms with van der Waals surface area (Å²) in [6, 6.07) is 1.96. The second-order valence-corrected chi connectivity index (χ2v) is 4.21. The molecule has 1 saturated carbocycles. The van der Waals surface area contributed by atoms with E-state index in [1.54, 1.807) is 0 Å². The summed E-state index contributed by atoms with van der Waals surface area (Å²) in [5.41, 5.74) is -0.872. The number of halogens is 3. The average molecular weight is 241 g/mol. The van der Waals surface area contributed by atoms with Crippen molar-refractivity contribution < 1.29 is 13.2 Å². The van der Waals surface area contributed by atoms with E-state index in [4.69, 9.17) is 5.26 Å². The maximum Gasteiger partial charge on any atom is 0.297 e. The normalized spacial score (nSPS) is 18.8. The van der Waals surface area contributed by atoms with Gasteiger partial charge in [0.05, 0.1) is 12.0 Å². The summed E-state index contributed by atoms with van der Waals surface area (Å²) in [5, 5.41) is 8.93. The third-order valence-corrected chi connectivity index (χ3v) is 2.81. The number of nitriles is 1. The predicted octanol–water partition coefficient (Wildman–Crippen LogP) is 2.91. The quantitative estimate of drug-likeness (QED) is 0.814. The summed E-state index contributed by atoms with van der Waals surface area (Å²) < 4.78 is 37.9. The summed E-state index contributed by atoms with van der Waals surface area (Å²) in [6.45, 7) is 0. The molecular weight excluding hydrogens is 231 g/mol. The van der Waals surface area contributed by atoms with E-state index in [1.165, 1.54) is 12.4 Å². The van der Waals surface area contributed by atoms with Crippen molar-refractivity contribution in [2.45, 2.75) is 37.3 Å². The maximum absolute atomic E-state index is 13.5. The lowest BCUT2D eigenvalue weighted by atomic mass is 9.96. The van der Waals surface area contributed by atoms with Crippen LogP contribution >= 0.6 is 0 Å². The third kappa shape index (κ3) is 2.73. The summed E-state index contributed by atoms with van der Waals surface area (Å²) in [4.78, 5) is 6.93. The molecule has 0 N–H and O–H groups in total. The van der Waals surface area contributed by atoms with Gasteiger partial charge in [0, 0.05) is 24.4 Å². The fraction of sp³-hybridized carbons (Fsp3) is 0.545. The van der Waals surface area contributed by atoms with Gasteiger partial charge in [-0.15, -0.1) is 0 Å². The van der Waals surface area contributed by atoms with E-state index in [0.717, 1.165) is 0 Å². The minimum Gasteiger partial charge on any atom is -0.244 e. The van der Waals surface area contributed by atoms with Crippen LogP contribution < -0.4 is 0 Å². The molecule has 0 radical (unpaired) electrons. The van der Waals surface area contributed by atoms with Crippen molar-refractivity contribution in [3.8, 4) is 6.07 Å². The van der Waals surface area contributed by atoms with Crippen molar-refractivity contribution in [2.75, 3.05) is 0 Å². The lowest BCUT2D eigenvalue weighted by Crippen LogP contribution is -2.08. The van der Waals surface area contributed by atoms with Crippen LogP contribution in [0.3, 0.4) is 0 Å². The summed E-state index contributed by atoms with van der Waals surface area (Å²) in [5.74, 6) is -1.25. The number of hydrogen-bond donors (Lipinski definition) is 0. The molecule has 1 heterocycles. The van der Waals surface area contributed by atoms with E-state index in [9.17, 15) is 13.2 Å². The average Bonchev–Trinajstić information content (AvgIpc) is 3.05. The van der Waals surface area contributed by atoms with Crippen molar-refractivity contribution >= 4 is 0 Å². The molecule has 1 atom stereocenters. The SMILES string of the molecule is N#C[C@@H](CC1(F)CC1)c1cnc(C(F)F)nc1. The first kappa shape index (κ1) is 11.8. The Hall–Kier alpha value is -1.64. The van der Waals surface area contributed by atoms with Crippen molar-refractivity contribution in [3.63, 3.8) is 0 Å². The van der Waals surface area contributed by atoms with Crippen LogP contribution in [0.5, 0.6) is 0 Å². The Balaban J connectivity index is 2.12. The fourth-order valence-electron chi connectivity index (χ4n) is 1.58. The molecule has 0 aromatic carbocycles. The number of alkyl halides is 3. The number of hydrogen-bond acceptors (Lipinski definition) is 3. The van der Waals surface area contributed by atoms with Crippen molar-refractivity contribution in [1.82, 2.24) is 9.97 Å². The van der Waals surface area contributed by atoms with Crippen LogP contribution in [0.25, 0.3) is 0 Å². The Morgan fingerprint density at radius 1 is 1.35 bits per heavy atom. The van der Waals surface area contributed by atoms with E-state index in [1.807, 2.05) is 6.07 Å². The monoisotopic (exact) mass is 241 g/mol. The van der Waals surface area contributed by atoms with Crippen LogP contribution in [0, 0.1) is 11.3 Å². The van der Waals surface area contributed by atoms with Gasteiger partial charge in [-0.3, -0.25) is 0 Å². The molecule has 1 aromatic rings. The largest absolute Gasteiger partial charge is 0.297 e. The molecule has 0 bridgehead atoms. The Labute approximate surface area is 96.3 Å². The van der Waals surface area contributed by atoms with Gasteiger partial charge in [-0.25, -0.2) is 23.1 Å². The van der Waals surface area contributed by atoms with Crippen LogP contribution in [-0.2, 0) is 0 Å². The third-order valence-electron chi connectivity index (χ3n) is 2.81. The standard InChI is InChI=1S/C11H10F3N3/c12-9(13)10-16-5-8(6-17-10)7(4-15)3-11(14)1-2-11/h5-7,9H,1-3H2/t7-/m1/s1. The Kier molecular flexibility index (Phi) is 3.01. The molecule has 2 rings (SSSR count). The maximum atomic E-state index is 13.5. The highest BCUT2D eigenvalue weighted by Crippen LogP contribution is 2.46. The molecule has 90 valence electrons. The van der Waals surface area contributed by atoms with Gasteiger partial charge in [-0.2, -0.15) is 5.26 Å². The van der Waals surface area contributed by atoms with Gasteiger partial charge < -0.3 is 0 Å². The molecule has 0 amide bonds. The Morgan fingerprint density at radius 3 is 2.35 bits per heavy atom. The van der Waals surface area contributed by atoms with Crippen LogP contribution in [0.2, 0.25) is 0 Å². The van der Waals surface area contributed by atoms with Crippen LogP contribution in [0.1, 0.15) is 43.0 Å². The molecule has 1 aliphatic carbocycles. The van der Waals surface area contributed by atoms with Gasteiger partial charge in [-0.05, 0) is 12.8 Å². The first-order valence-corrected chi connectivity index (χ1v) is 5.22. The van der Waals surface area contributed by atoms with Gasteiger partial charge >= 0.3 is 0 Å². The molecule has 6 heteroatoms. The van der Waals surface area contributed by atoms with Crippen molar-refractivity contribution in [2.24, 2.45) is 0 Å². The summed E-state index contributed by atoms with van der Waals surface area (Å²) >= 11 is 0. The minimum absolute atomic E-state index is 0.0842. The molecule has 0 saturated heterocycles. The highest BCUT2D eigenvalue weighted by atomic mass is 19.3. The summed E-state index contributed by atoms with van der Waals surface area (Å²) in [6.07, 6.45) is 0.617. The molecule has 0 spiro atoms. The number of nitrogens with zero attached hydrogens (tertiary/aromatic N) is 3. The highest BCUT2D eigenvalue weighted by Gasteiger charge is 2.45. The van der Waals surface area contributed by atoms with E-state index >= 15 is 0 Å². The zero-order valence-electron chi connectivity index (χ0n) is 8.91. The molecule has 1 aromatic heterocycles. The van der Waals surface area contributed by atoms with E-state index in [2.05, 4.69) is 9.97 Å². The molecule has 0 unspecified atom stereocenters.